The molecule has 0 radical (unpaired) electrons. The molecule has 0 spiro atoms. The number of methoxy groups -OCH3 is 1. The van der Waals surface area contributed by atoms with Crippen LogP contribution in [0.2, 0.25) is 0 Å². The standard InChI is InChI=1S/C27H35FN2O9P2/c1-6-36-40(33,37-7-2)25(41(34,38-8-3)39-9-4)18-30-17-23(22-15-10-19(28)16-24(22)30)26(31)27(32)29-20-11-13-21(35-5)14-12-20/h10-17,25H,6-9,18H2,1-5H3,(H,29,32). The Hall–Kier alpha value is -2.85. The monoisotopic (exact) mass is 612 g/mol. The van der Waals surface area contributed by atoms with E-state index in [4.69, 9.17) is 22.8 Å². The molecule has 1 heterocycles. The Morgan fingerprint density at radius 3 is 1.90 bits per heavy atom. The molecule has 14 heteroatoms. The van der Waals surface area contributed by atoms with E-state index in [0.717, 1.165) is 12.1 Å². The summed E-state index contributed by atoms with van der Waals surface area (Å²) >= 11 is 0. The van der Waals surface area contributed by atoms with Crippen molar-refractivity contribution in [1.29, 1.82) is 0 Å². The summed E-state index contributed by atoms with van der Waals surface area (Å²) in [7, 11) is -6.80. The van der Waals surface area contributed by atoms with Crippen molar-refractivity contribution < 1.29 is 45.9 Å². The van der Waals surface area contributed by atoms with Crippen LogP contribution in [0.25, 0.3) is 10.9 Å². The molecule has 0 aliphatic rings. The van der Waals surface area contributed by atoms with Gasteiger partial charge in [0.25, 0.3) is 11.7 Å². The lowest BCUT2D eigenvalue weighted by Gasteiger charge is -2.31. The molecule has 3 rings (SSSR count). The number of carbonyl (C=O) groups is 2. The predicted octanol–water partition coefficient (Wildman–Crippen LogP) is 6.47. The van der Waals surface area contributed by atoms with Crippen molar-refractivity contribution in [3.8, 4) is 5.75 Å². The summed E-state index contributed by atoms with van der Waals surface area (Å²) in [5, 5.41) is 1.32. The number of nitrogens with zero attached hydrogens (tertiary/aromatic N) is 1. The number of amides is 1. The van der Waals surface area contributed by atoms with Crippen LogP contribution >= 0.6 is 15.2 Å². The zero-order valence-corrected chi connectivity index (χ0v) is 25.4. The molecule has 41 heavy (non-hydrogen) atoms. The Balaban J connectivity index is 2.10. The third-order valence-electron chi connectivity index (χ3n) is 5.97. The summed E-state index contributed by atoms with van der Waals surface area (Å²) in [6.45, 7) is 5.96. The van der Waals surface area contributed by atoms with Crippen LogP contribution in [0.15, 0.2) is 48.7 Å². The molecule has 0 fully saturated rings. The molecule has 1 aromatic heterocycles. The van der Waals surface area contributed by atoms with Gasteiger partial charge in [-0.15, -0.1) is 0 Å². The molecule has 0 aliphatic heterocycles. The van der Waals surface area contributed by atoms with Gasteiger partial charge in [0.1, 0.15) is 11.6 Å². The summed E-state index contributed by atoms with van der Waals surface area (Å²) in [5.41, 5.74) is 0.507. The number of ketones is 1. The Bertz CT molecular complexity index is 1410. The van der Waals surface area contributed by atoms with E-state index in [-0.39, 0.29) is 49.4 Å². The minimum atomic E-state index is -4.15. The van der Waals surface area contributed by atoms with Gasteiger partial charge in [0.05, 0.1) is 44.6 Å². The van der Waals surface area contributed by atoms with Crippen molar-refractivity contribution in [1.82, 2.24) is 4.57 Å². The third-order valence-corrected chi connectivity index (χ3v) is 11.9. The molecule has 1 N–H and O–H groups in total. The highest BCUT2D eigenvalue weighted by atomic mass is 31.2. The molecule has 0 atom stereocenters. The SMILES string of the molecule is CCOP(=O)(OCC)C(Cn1cc(C(=O)C(=O)Nc2ccc(OC)cc2)c2ccc(F)cc21)P(=O)(OCC)OCC. The average Bonchev–Trinajstić information content (AvgIpc) is 3.29. The summed E-state index contributed by atoms with van der Waals surface area (Å²) < 4.78 is 71.0. The molecule has 0 saturated heterocycles. The zero-order valence-electron chi connectivity index (χ0n) is 23.6. The van der Waals surface area contributed by atoms with Crippen molar-refractivity contribution in [3.63, 3.8) is 0 Å². The number of nitrogens with one attached hydrogen (secondary N) is 1. The number of hydrogen-bond acceptors (Lipinski definition) is 9. The van der Waals surface area contributed by atoms with Crippen LogP contribution in [0, 0.1) is 5.82 Å². The fourth-order valence-electron chi connectivity index (χ4n) is 4.27. The Morgan fingerprint density at radius 1 is 0.878 bits per heavy atom. The molecule has 3 aromatic rings. The molecule has 0 aliphatic carbocycles. The van der Waals surface area contributed by atoms with Crippen LogP contribution in [0.1, 0.15) is 38.1 Å². The van der Waals surface area contributed by atoms with Gasteiger partial charge in [0.15, 0.2) is 5.40 Å². The van der Waals surface area contributed by atoms with Gasteiger partial charge in [-0.25, -0.2) is 4.39 Å². The highest BCUT2D eigenvalue weighted by molar-refractivity contribution is 7.72. The first-order chi connectivity index (χ1) is 19.5. The Labute approximate surface area is 238 Å². The van der Waals surface area contributed by atoms with E-state index in [0.29, 0.717) is 11.4 Å². The Morgan fingerprint density at radius 2 is 1.41 bits per heavy atom. The highest BCUT2D eigenvalue weighted by Gasteiger charge is 2.51. The van der Waals surface area contributed by atoms with Crippen molar-refractivity contribution in [2.45, 2.75) is 39.6 Å². The van der Waals surface area contributed by atoms with Crippen molar-refractivity contribution in [2.24, 2.45) is 0 Å². The molecule has 11 nitrogen and oxygen atoms in total. The molecule has 2 aromatic carbocycles. The average molecular weight is 613 g/mol. The zero-order chi connectivity index (χ0) is 30.2. The maximum absolute atomic E-state index is 14.4. The number of rotatable bonds is 16. The molecule has 0 saturated carbocycles. The molecular formula is C27H35FN2O9P2. The topological polar surface area (TPSA) is 131 Å². The fourth-order valence-corrected chi connectivity index (χ4v) is 9.48. The number of aromatic nitrogens is 1. The number of benzene rings is 2. The normalized spacial score (nSPS) is 12.2. The fraction of sp³-hybridized carbons (Fsp3) is 0.407. The van der Waals surface area contributed by atoms with Crippen LogP contribution in [-0.2, 0) is 38.6 Å². The van der Waals surface area contributed by atoms with E-state index in [9.17, 15) is 23.1 Å². The van der Waals surface area contributed by atoms with Gasteiger partial charge in [-0.2, -0.15) is 0 Å². The lowest BCUT2D eigenvalue weighted by molar-refractivity contribution is -0.112. The van der Waals surface area contributed by atoms with E-state index in [1.807, 2.05) is 0 Å². The van der Waals surface area contributed by atoms with E-state index in [1.165, 1.54) is 23.9 Å². The number of hydrogen-bond donors (Lipinski definition) is 1. The predicted molar refractivity (Wildman–Crippen MR) is 153 cm³/mol. The van der Waals surface area contributed by atoms with Crippen LogP contribution in [-0.4, -0.2) is 55.2 Å². The van der Waals surface area contributed by atoms with E-state index in [2.05, 4.69) is 5.32 Å². The molecule has 0 bridgehead atoms. The number of fused-ring (bicyclic) bond motifs is 1. The van der Waals surface area contributed by atoms with Crippen molar-refractivity contribution >= 4 is 43.5 Å². The second kappa shape index (κ2) is 14.4. The minimum absolute atomic E-state index is 0.0254. The molecule has 0 unspecified atom stereocenters. The second-order valence-electron chi connectivity index (χ2n) is 8.60. The maximum atomic E-state index is 14.4. The Kier molecular flexibility index (Phi) is 11.4. The lowest BCUT2D eigenvalue weighted by atomic mass is 10.1. The number of anilines is 1. The smallest absolute Gasteiger partial charge is 0.347 e. The molecular weight excluding hydrogens is 577 g/mol. The number of ether oxygens (including phenoxy) is 1. The highest BCUT2D eigenvalue weighted by Crippen LogP contribution is 2.70. The van der Waals surface area contributed by atoms with E-state index >= 15 is 0 Å². The molecule has 1 amide bonds. The minimum Gasteiger partial charge on any atom is -0.497 e. The van der Waals surface area contributed by atoms with E-state index < -0.39 is 38.1 Å². The largest absolute Gasteiger partial charge is 0.497 e. The lowest BCUT2D eigenvalue weighted by Crippen LogP contribution is -2.24. The number of carbonyl (C=O) groups excluding carboxylic acids is 2. The van der Waals surface area contributed by atoms with Crippen molar-refractivity contribution in [3.05, 3.63) is 60.0 Å². The van der Waals surface area contributed by atoms with Crippen LogP contribution in [0.5, 0.6) is 5.75 Å². The van der Waals surface area contributed by atoms with Gasteiger partial charge in [0.2, 0.25) is 0 Å². The maximum Gasteiger partial charge on any atom is 0.347 e. The van der Waals surface area contributed by atoms with Gasteiger partial charge < -0.3 is 32.7 Å². The quantitative estimate of drug-likeness (QED) is 0.110. The van der Waals surface area contributed by atoms with Gasteiger partial charge in [-0.1, -0.05) is 0 Å². The van der Waals surface area contributed by atoms with Gasteiger partial charge in [-0.05, 0) is 70.2 Å². The third kappa shape index (κ3) is 7.52. The molecule has 224 valence electrons. The van der Waals surface area contributed by atoms with E-state index in [1.54, 1.807) is 52.0 Å². The first-order valence-electron chi connectivity index (χ1n) is 13.1. The summed E-state index contributed by atoms with van der Waals surface area (Å²) in [6.07, 6.45) is 1.32. The van der Waals surface area contributed by atoms with Gasteiger partial charge >= 0.3 is 15.2 Å². The van der Waals surface area contributed by atoms with Gasteiger partial charge in [-0.3, -0.25) is 18.7 Å². The number of Topliss-reactive ketones (excluding diaryl/α,β-unsaturated/α-hetero) is 1. The summed E-state index contributed by atoms with van der Waals surface area (Å²) in [4.78, 5) is 26.2. The number of halogens is 1. The first kappa shape index (κ1) is 32.7. The van der Waals surface area contributed by atoms with Crippen LogP contribution in [0.3, 0.4) is 0 Å². The second-order valence-corrected chi connectivity index (χ2v) is 13.4. The van der Waals surface area contributed by atoms with Crippen LogP contribution < -0.4 is 10.1 Å². The summed E-state index contributed by atoms with van der Waals surface area (Å²) in [6, 6.07) is 10.1. The van der Waals surface area contributed by atoms with Gasteiger partial charge in [0, 0.05) is 23.8 Å². The summed E-state index contributed by atoms with van der Waals surface area (Å²) in [5.74, 6) is -1.88. The van der Waals surface area contributed by atoms with Crippen LogP contribution in [0.4, 0.5) is 10.1 Å². The van der Waals surface area contributed by atoms with Crippen molar-refractivity contribution in [2.75, 3.05) is 38.9 Å². The first-order valence-corrected chi connectivity index (χ1v) is 16.3.